The van der Waals surface area contributed by atoms with Crippen LogP contribution in [0.5, 0.6) is 0 Å². The van der Waals surface area contributed by atoms with Gasteiger partial charge in [-0.2, -0.15) is 13.2 Å². The van der Waals surface area contributed by atoms with Gasteiger partial charge in [0, 0.05) is 17.4 Å². The smallest absolute Gasteiger partial charge is 0.370 e. The summed E-state index contributed by atoms with van der Waals surface area (Å²) in [7, 11) is 3.74. The van der Waals surface area contributed by atoms with Crippen LogP contribution in [0.1, 0.15) is 22.5 Å². The van der Waals surface area contributed by atoms with Gasteiger partial charge in [0.15, 0.2) is 5.96 Å². The molecule has 0 saturated heterocycles. The highest BCUT2D eigenvalue weighted by atomic mass is 19.4. The van der Waals surface area contributed by atoms with Crippen molar-refractivity contribution in [2.24, 2.45) is 5.73 Å². The van der Waals surface area contributed by atoms with E-state index in [1.54, 1.807) is 0 Å². The summed E-state index contributed by atoms with van der Waals surface area (Å²) in [6, 6.07) is 4.86. The molecular formula is C16H20F3N5O. The maximum atomic E-state index is 13.1. The summed E-state index contributed by atoms with van der Waals surface area (Å²) >= 11 is 0. The van der Waals surface area contributed by atoms with Crippen LogP contribution in [-0.2, 0) is 6.18 Å². The number of aromatic nitrogens is 1. The predicted molar refractivity (Wildman–Crippen MR) is 89.4 cm³/mol. The number of hydrogen-bond donors (Lipinski definition) is 3. The number of fused-ring (bicyclic) bond motifs is 1. The molecule has 0 aliphatic carbocycles. The van der Waals surface area contributed by atoms with Crippen LogP contribution in [-0.4, -0.2) is 53.8 Å². The van der Waals surface area contributed by atoms with Crippen LogP contribution < -0.4 is 5.73 Å². The summed E-state index contributed by atoms with van der Waals surface area (Å²) in [5.41, 5.74) is 4.82. The summed E-state index contributed by atoms with van der Waals surface area (Å²) in [5, 5.41) is 7.48. The third-order valence-electron chi connectivity index (χ3n) is 3.72. The number of carbonyl (C=O) groups is 1. The molecule has 2 aromatic rings. The van der Waals surface area contributed by atoms with Crippen LogP contribution in [0, 0.1) is 5.41 Å². The van der Waals surface area contributed by atoms with E-state index in [2.05, 4.69) is 4.98 Å². The van der Waals surface area contributed by atoms with Crippen LogP contribution in [0.15, 0.2) is 24.3 Å². The number of H-pyrrole nitrogens is 1. The quantitative estimate of drug-likeness (QED) is 0.569. The lowest BCUT2D eigenvalue weighted by Gasteiger charge is -2.21. The van der Waals surface area contributed by atoms with Gasteiger partial charge in [-0.15, -0.1) is 0 Å². The average molecular weight is 355 g/mol. The molecule has 136 valence electrons. The van der Waals surface area contributed by atoms with Gasteiger partial charge in [0.25, 0.3) is 5.91 Å². The Morgan fingerprint density at radius 2 is 1.96 bits per heavy atom. The fourth-order valence-corrected chi connectivity index (χ4v) is 2.54. The van der Waals surface area contributed by atoms with Crippen molar-refractivity contribution in [2.45, 2.75) is 12.6 Å². The van der Waals surface area contributed by atoms with Crippen molar-refractivity contribution in [3.05, 3.63) is 35.5 Å². The summed E-state index contributed by atoms with van der Waals surface area (Å²) in [5.74, 6) is -1.07. The Morgan fingerprint density at radius 1 is 1.28 bits per heavy atom. The minimum atomic E-state index is -4.52. The SMILES string of the molecule is CN(C)CCCN(C(=N)N)C(=O)c1cc2c(C(F)(F)F)cccc2[nH]1. The van der Waals surface area contributed by atoms with Crippen LogP contribution in [0.2, 0.25) is 0 Å². The molecule has 1 aromatic heterocycles. The molecule has 0 fully saturated rings. The van der Waals surface area contributed by atoms with Crippen LogP contribution in [0.25, 0.3) is 10.9 Å². The Morgan fingerprint density at radius 3 is 2.52 bits per heavy atom. The molecule has 1 aromatic carbocycles. The van der Waals surface area contributed by atoms with Gasteiger partial charge < -0.3 is 15.6 Å². The number of rotatable bonds is 5. The van der Waals surface area contributed by atoms with Crippen molar-refractivity contribution < 1.29 is 18.0 Å². The minimum Gasteiger partial charge on any atom is -0.370 e. The van der Waals surface area contributed by atoms with E-state index in [1.165, 1.54) is 12.1 Å². The largest absolute Gasteiger partial charge is 0.417 e. The number of guanidine groups is 1. The first-order valence-corrected chi connectivity index (χ1v) is 7.61. The number of amides is 1. The zero-order valence-electron chi connectivity index (χ0n) is 13.9. The molecule has 0 bridgehead atoms. The molecule has 0 aliphatic rings. The molecule has 6 nitrogen and oxygen atoms in total. The molecule has 0 spiro atoms. The van der Waals surface area contributed by atoms with Gasteiger partial charge in [0.05, 0.1) is 5.56 Å². The van der Waals surface area contributed by atoms with Crippen molar-refractivity contribution in [1.82, 2.24) is 14.8 Å². The van der Waals surface area contributed by atoms with Gasteiger partial charge in [-0.1, -0.05) is 6.07 Å². The number of nitrogens with one attached hydrogen (secondary N) is 2. The normalized spacial score (nSPS) is 11.9. The van der Waals surface area contributed by atoms with E-state index >= 15 is 0 Å². The highest BCUT2D eigenvalue weighted by molar-refractivity contribution is 6.06. The maximum Gasteiger partial charge on any atom is 0.417 e. The molecule has 0 radical (unpaired) electrons. The summed E-state index contributed by atoms with van der Waals surface area (Å²) in [6.45, 7) is 0.885. The first-order valence-electron chi connectivity index (χ1n) is 7.61. The van der Waals surface area contributed by atoms with Crippen molar-refractivity contribution >= 4 is 22.8 Å². The Kier molecular flexibility index (Phi) is 5.36. The van der Waals surface area contributed by atoms with E-state index in [4.69, 9.17) is 11.1 Å². The number of halogens is 3. The third kappa shape index (κ3) is 4.30. The number of nitrogens with zero attached hydrogens (tertiary/aromatic N) is 2. The van der Waals surface area contributed by atoms with Gasteiger partial charge in [-0.05, 0) is 45.3 Å². The molecular weight excluding hydrogens is 335 g/mol. The second-order valence-corrected chi connectivity index (χ2v) is 5.95. The van der Waals surface area contributed by atoms with E-state index in [0.29, 0.717) is 13.0 Å². The van der Waals surface area contributed by atoms with Crippen LogP contribution >= 0.6 is 0 Å². The Bertz CT molecular complexity index is 782. The molecule has 1 heterocycles. The predicted octanol–water partition coefficient (Wildman–Crippen LogP) is 2.47. The standard InChI is InChI=1S/C16H20F3N5O/c1-23(2)7-4-8-24(15(20)21)14(25)13-9-10-11(16(17,18)19)5-3-6-12(10)22-13/h3,5-6,9,22H,4,7-8H2,1-2H3,(H3,20,21). The van der Waals surface area contributed by atoms with E-state index in [0.717, 1.165) is 17.0 Å². The highest BCUT2D eigenvalue weighted by Gasteiger charge is 2.33. The van der Waals surface area contributed by atoms with Crippen LogP contribution in [0.4, 0.5) is 13.2 Å². The summed E-state index contributed by atoms with van der Waals surface area (Å²) in [4.78, 5) is 18.2. The monoisotopic (exact) mass is 355 g/mol. The molecule has 25 heavy (non-hydrogen) atoms. The molecule has 0 atom stereocenters. The zero-order valence-corrected chi connectivity index (χ0v) is 13.9. The van der Waals surface area contributed by atoms with Crippen molar-refractivity contribution in [3.63, 3.8) is 0 Å². The van der Waals surface area contributed by atoms with E-state index < -0.39 is 23.6 Å². The third-order valence-corrected chi connectivity index (χ3v) is 3.72. The second kappa shape index (κ2) is 7.14. The van der Waals surface area contributed by atoms with Crippen molar-refractivity contribution in [1.29, 1.82) is 5.41 Å². The molecule has 4 N–H and O–H groups in total. The first kappa shape index (κ1) is 18.8. The molecule has 9 heteroatoms. The fraction of sp³-hybridized carbons (Fsp3) is 0.375. The molecule has 1 amide bonds. The number of aromatic amines is 1. The van der Waals surface area contributed by atoms with Gasteiger partial charge in [-0.25, -0.2) is 0 Å². The van der Waals surface area contributed by atoms with Crippen LogP contribution in [0.3, 0.4) is 0 Å². The average Bonchev–Trinajstić information content (AvgIpc) is 2.93. The molecule has 0 saturated carbocycles. The second-order valence-electron chi connectivity index (χ2n) is 5.95. The van der Waals surface area contributed by atoms with Gasteiger partial charge in [-0.3, -0.25) is 15.1 Å². The zero-order chi connectivity index (χ0) is 18.8. The Labute approximate surface area is 142 Å². The first-order chi connectivity index (χ1) is 11.6. The Balaban J connectivity index is 2.32. The van der Waals surface area contributed by atoms with Crippen molar-refractivity contribution in [2.75, 3.05) is 27.2 Å². The van der Waals surface area contributed by atoms with Gasteiger partial charge in [0.1, 0.15) is 5.69 Å². The van der Waals surface area contributed by atoms with Crippen molar-refractivity contribution in [3.8, 4) is 0 Å². The topological polar surface area (TPSA) is 89.2 Å². The number of alkyl halides is 3. The number of carbonyl (C=O) groups excluding carboxylic acids is 1. The maximum absolute atomic E-state index is 13.1. The van der Waals surface area contributed by atoms with E-state index in [-0.39, 0.29) is 23.1 Å². The van der Waals surface area contributed by atoms with E-state index in [9.17, 15) is 18.0 Å². The fourth-order valence-electron chi connectivity index (χ4n) is 2.54. The molecule has 0 aliphatic heterocycles. The molecule has 0 unspecified atom stereocenters. The number of benzene rings is 1. The summed E-state index contributed by atoms with van der Waals surface area (Å²) in [6.07, 6.45) is -3.94. The molecule has 2 rings (SSSR count). The lowest BCUT2D eigenvalue weighted by molar-refractivity contribution is -0.136. The van der Waals surface area contributed by atoms with Gasteiger partial charge in [0.2, 0.25) is 0 Å². The lowest BCUT2D eigenvalue weighted by Crippen LogP contribution is -2.42. The number of hydrogen-bond acceptors (Lipinski definition) is 3. The number of nitrogens with two attached hydrogens (primary N) is 1. The minimum absolute atomic E-state index is 0.0354. The van der Waals surface area contributed by atoms with Gasteiger partial charge >= 0.3 is 6.18 Å². The highest BCUT2D eigenvalue weighted by Crippen LogP contribution is 2.35. The summed E-state index contributed by atoms with van der Waals surface area (Å²) < 4.78 is 39.3. The lowest BCUT2D eigenvalue weighted by atomic mass is 10.1. The Hall–Kier alpha value is -2.55. The van der Waals surface area contributed by atoms with E-state index in [1.807, 2.05) is 19.0 Å².